The highest BCUT2D eigenvalue weighted by molar-refractivity contribution is 7.46. The van der Waals surface area contributed by atoms with Crippen LogP contribution < -0.4 is 26.8 Å². The van der Waals surface area contributed by atoms with Gasteiger partial charge in [-0.2, -0.15) is 4.98 Å². The first kappa shape index (κ1) is 29.0. The lowest BCUT2D eigenvalue weighted by atomic mass is 10.0. The van der Waals surface area contributed by atoms with E-state index in [1.54, 1.807) is 0 Å². The zero-order valence-electron chi connectivity index (χ0n) is 22.6. The molecule has 8 rings (SSSR count). The van der Waals surface area contributed by atoms with Crippen molar-refractivity contribution < 1.29 is 51.2 Å². The Labute approximate surface area is 249 Å². The average Bonchev–Trinajstić information content (AvgIpc) is 3.79. The molecule has 0 radical (unpaired) electrons. The molecule has 2 unspecified atom stereocenters. The third kappa shape index (κ3) is 4.77. The summed E-state index contributed by atoms with van der Waals surface area (Å²) in [6, 6.07) is 0. The number of phosphoric ester groups is 2. The predicted molar refractivity (Wildman–Crippen MR) is 140 cm³/mol. The van der Waals surface area contributed by atoms with Crippen molar-refractivity contribution in [1.82, 2.24) is 39.0 Å². The van der Waals surface area contributed by atoms with E-state index in [9.17, 15) is 23.7 Å². The molecule has 240 valence electrons. The van der Waals surface area contributed by atoms with Gasteiger partial charge < -0.3 is 53.6 Å². The van der Waals surface area contributed by atoms with Crippen molar-refractivity contribution in [2.24, 2.45) is 0 Å². The molecule has 9 atom stereocenters. The molecule has 0 aromatic carbocycles. The lowest BCUT2D eigenvalue weighted by Crippen LogP contribution is -2.46. The Morgan fingerprint density at radius 2 is 1.71 bits per heavy atom. The van der Waals surface area contributed by atoms with E-state index >= 15 is 0 Å². The minimum absolute atomic E-state index is 0.0302. The largest absolute Gasteiger partial charge is 0.756 e. The van der Waals surface area contributed by atoms with Gasteiger partial charge in [0, 0.05) is 6.42 Å². The number of aromatic nitrogens is 8. The maximum atomic E-state index is 13.2. The maximum Gasteiger partial charge on any atom is 0.280 e. The van der Waals surface area contributed by atoms with Crippen LogP contribution in [0.1, 0.15) is 18.9 Å². The summed E-state index contributed by atoms with van der Waals surface area (Å²) >= 11 is 0. The maximum absolute atomic E-state index is 13.2. The molecule has 45 heavy (non-hydrogen) atoms. The van der Waals surface area contributed by atoms with E-state index in [0.717, 1.165) is 0 Å². The van der Waals surface area contributed by atoms with Gasteiger partial charge in [-0.3, -0.25) is 28.0 Å². The van der Waals surface area contributed by atoms with Gasteiger partial charge in [0.15, 0.2) is 35.1 Å². The van der Waals surface area contributed by atoms with Gasteiger partial charge in [-0.05, 0) is 0 Å². The third-order valence-electron chi connectivity index (χ3n) is 7.90. The first-order valence-electron chi connectivity index (χ1n) is 13.3. The van der Waals surface area contributed by atoms with Gasteiger partial charge in [-0.25, -0.2) is 19.9 Å². The van der Waals surface area contributed by atoms with Crippen molar-refractivity contribution in [2.75, 3.05) is 31.3 Å². The summed E-state index contributed by atoms with van der Waals surface area (Å²) < 4.78 is 68.4. The highest BCUT2D eigenvalue weighted by atomic mass is 31.2. The molecule has 4 aliphatic rings. The molecule has 4 aliphatic heterocycles. The second-order valence-corrected chi connectivity index (χ2v) is 13.5. The van der Waals surface area contributed by atoms with Crippen LogP contribution in [0, 0.1) is 0 Å². The number of nitrogen functional groups attached to an aromatic ring is 2. The zero-order valence-corrected chi connectivity index (χ0v) is 24.4. The Balaban J connectivity index is 1.12. The Morgan fingerprint density at radius 3 is 2.53 bits per heavy atom. The average molecular weight is 668 g/mol. The van der Waals surface area contributed by atoms with Gasteiger partial charge in [-0.15, -0.1) is 0 Å². The highest BCUT2D eigenvalue weighted by Gasteiger charge is 2.65. The quantitative estimate of drug-likeness (QED) is 0.191. The summed E-state index contributed by atoms with van der Waals surface area (Å²) in [4.78, 5) is 61.3. The number of nitrogens with one attached hydrogen (secondary N) is 1. The molecular weight excluding hydrogens is 646 g/mol. The van der Waals surface area contributed by atoms with Crippen molar-refractivity contribution >= 4 is 49.7 Å². The number of hydrogen-bond donors (Lipinski definition) is 3. The number of aromatic amines is 1. The van der Waals surface area contributed by atoms with Crippen molar-refractivity contribution in [1.29, 1.82) is 0 Å². The van der Waals surface area contributed by atoms with Crippen LogP contribution in [0.25, 0.3) is 22.3 Å². The van der Waals surface area contributed by atoms with Crippen LogP contribution in [0.4, 0.5) is 11.8 Å². The minimum Gasteiger partial charge on any atom is -0.756 e. The molecular formula is C21H22N10O12P2-2. The van der Waals surface area contributed by atoms with Gasteiger partial charge in [-0.1, -0.05) is 0 Å². The highest BCUT2D eigenvalue weighted by Crippen LogP contribution is 2.56. The van der Waals surface area contributed by atoms with E-state index in [2.05, 4.69) is 29.9 Å². The number of H-pyrrole nitrogens is 1. The fourth-order valence-corrected chi connectivity index (χ4v) is 7.91. The topological polar surface area (TPSA) is 304 Å². The van der Waals surface area contributed by atoms with Crippen molar-refractivity contribution in [3.8, 4) is 0 Å². The number of rotatable bonds is 2. The van der Waals surface area contributed by atoms with Crippen LogP contribution in [0.15, 0.2) is 23.8 Å². The van der Waals surface area contributed by atoms with Gasteiger partial charge in [0.05, 0.1) is 38.6 Å². The third-order valence-corrected chi connectivity index (χ3v) is 9.82. The number of hydrogen-bond acceptors (Lipinski definition) is 19. The number of nitrogens with zero attached hydrogens (tertiary/aromatic N) is 7. The molecule has 4 aromatic rings. The molecule has 5 N–H and O–H groups in total. The zero-order chi connectivity index (χ0) is 31.3. The second-order valence-electron chi connectivity index (χ2n) is 10.7. The number of phosphoric acid groups is 2. The lowest BCUT2D eigenvalue weighted by Gasteiger charge is -2.36. The summed E-state index contributed by atoms with van der Waals surface area (Å²) in [6.45, 7) is -1.65. The fraction of sp³-hybridized carbons (Fsp3) is 0.524. The minimum atomic E-state index is -5.17. The van der Waals surface area contributed by atoms with E-state index < -0.39 is 76.9 Å². The van der Waals surface area contributed by atoms with Crippen LogP contribution in [0.3, 0.4) is 0 Å². The van der Waals surface area contributed by atoms with E-state index in [1.165, 1.54) is 28.1 Å². The lowest BCUT2D eigenvalue weighted by molar-refractivity contribution is -0.247. The number of fused-ring (bicyclic) bond motifs is 4. The molecule has 4 aromatic heterocycles. The summed E-state index contributed by atoms with van der Waals surface area (Å²) in [7, 11) is -10.3. The van der Waals surface area contributed by atoms with Crippen molar-refractivity contribution in [2.45, 2.75) is 48.9 Å². The van der Waals surface area contributed by atoms with Crippen molar-refractivity contribution in [3.63, 3.8) is 0 Å². The van der Waals surface area contributed by atoms with Crippen LogP contribution >= 0.6 is 15.6 Å². The van der Waals surface area contributed by atoms with Gasteiger partial charge >= 0.3 is 0 Å². The summed E-state index contributed by atoms with van der Waals surface area (Å²) in [5, 5.41) is 0. The van der Waals surface area contributed by atoms with Gasteiger partial charge in [0.25, 0.3) is 21.2 Å². The monoisotopic (exact) mass is 668 g/mol. The van der Waals surface area contributed by atoms with E-state index in [1.807, 2.05) is 0 Å². The van der Waals surface area contributed by atoms with E-state index in [4.69, 9.17) is 43.8 Å². The predicted octanol–water partition coefficient (Wildman–Crippen LogP) is -2.17. The van der Waals surface area contributed by atoms with Crippen LogP contribution in [0.5, 0.6) is 0 Å². The molecule has 0 spiro atoms. The molecule has 0 aliphatic carbocycles. The van der Waals surface area contributed by atoms with Crippen LogP contribution in [-0.2, 0) is 41.4 Å². The number of nitrogens with two attached hydrogens (primary N) is 2. The molecule has 24 heteroatoms. The van der Waals surface area contributed by atoms with Crippen LogP contribution in [0.2, 0.25) is 0 Å². The van der Waals surface area contributed by atoms with E-state index in [0.29, 0.717) is 0 Å². The molecule has 4 saturated heterocycles. The van der Waals surface area contributed by atoms with E-state index in [-0.39, 0.29) is 47.1 Å². The smallest absolute Gasteiger partial charge is 0.280 e. The Bertz CT molecular complexity index is 1990. The molecule has 22 nitrogen and oxygen atoms in total. The summed E-state index contributed by atoms with van der Waals surface area (Å²) in [5.74, 6) is -0.135. The van der Waals surface area contributed by atoms with Crippen molar-refractivity contribution in [3.05, 3.63) is 29.3 Å². The Hall–Kier alpha value is -3.40. The summed E-state index contributed by atoms with van der Waals surface area (Å²) in [6.07, 6.45) is -3.63. The molecule has 8 heterocycles. The number of ether oxygens (including phenoxy) is 3. The normalized spacial score (nSPS) is 38.6. The first-order chi connectivity index (χ1) is 21.4. The van der Waals surface area contributed by atoms with Gasteiger partial charge in [0.1, 0.15) is 35.8 Å². The molecule has 0 amide bonds. The standard InChI is InChI=1S/C21H24N10O12P2/c22-14-10-15(25-5-24-14)30(6-26-10)19-12-13-21(41-19,3-37-12)4-39-45(35,36)42-9-1-8(2-38-44(33,34)43-13)40-18(9)31-7-27-11-16(31)28-20(23)29-17(11)32/h5-9,12-13,18-19H,1-4H2,(H,33,34)(H,35,36)(H2,22,24,25)(H3,23,28,29,32)/p-2/t8-,9+,12+,13-,18+,19+,21+/m0/s1. The Morgan fingerprint density at radius 1 is 0.956 bits per heavy atom. The SMILES string of the molecule is Nc1nc2c(ncn2[C@@H]2O[C@@H]3COP(=O)([O-])O[C@H]4[C@H]5OC[C@]4(COP(=O)([O-])O[C@@H]2C3)O[C@H]5n2cnc3c(N)ncnc32)c(=O)[nH]1. The molecule has 4 bridgehead atoms. The molecule has 0 saturated carbocycles. The molecule has 4 fully saturated rings. The van der Waals surface area contributed by atoms with Crippen LogP contribution in [-0.4, -0.2) is 88.9 Å². The second kappa shape index (κ2) is 10.0. The number of imidazole rings is 2. The number of anilines is 2. The van der Waals surface area contributed by atoms with Gasteiger partial charge in [0.2, 0.25) is 5.95 Å². The fourth-order valence-electron chi connectivity index (χ4n) is 5.95. The summed E-state index contributed by atoms with van der Waals surface area (Å²) in [5.41, 5.74) is 9.54. The first-order valence-corrected chi connectivity index (χ1v) is 16.2. The Kier molecular flexibility index (Phi) is 6.48.